The minimum atomic E-state index is -0.555. The first kappa shape index (κ1) is 15.3. The number of hydrogen-bond donors (Lipinski definition) is 2. The maximum atomic E-state index is 10.4. The third kappa shape index (κ3) is 4.20. The number of hydrogen-bond acceptors (Lipinski definition) is 4. The summed E-state index contributed by atoms with van der Waals surface area (Å²) in [6.07, 6.45) is 0.878. The second-order valence-electron chi connectivity index (χ2n) is 5.96. The van der Waals surface area contributed by atoms with Gasteiger partial charge in [-0.1, -0.05) is 0 Å². The lowest BCUT2D eigenvalue weighted by Crippen LogP contribution is -2.53. The van der Waals surface area contributed by atoms with Crippen LogP contribution in [-0.4, -0.2) is 70.3 Å². The van der Waals surface area contributed by atoms with Gasteiger partial charge in [-0.15, -0.1) is 0 Å². The molecule has 1 unspecified atom stereocenters. The fraction of sp³-hybridized carbons (Fsp3) is 0.923. The summed E-state index contributed by atoms with van der Waals surface area (Å²) in [7, 11) is 1.82. The zero-order chi connectivity index (χ0) is 13.9. The van der Waals surface area contributed by atoms with Crippen LogP contribution in [0.1, 0.15) is 20.3 Å². The number of thioether (sulfide) groups is 2. The predicted molar refractivity (Wildman–Crippen MR) is 86.4 cm³/mol. The Hall–Kier alpha value is -0.0700. The topological polar surface area (TPSA) is 47.9 Å². The molecule has 0 radical (unpaired) electrons. The molecule has 4 nitrogen and oxygen atoms in total. The highest BCUT2D eigenvalue weighted by molar-refractivity contribution is 8.00. The van der Waals surface area contributed by atoms with E-state index >= 15 is 0 Å². The van der Waals surface area contributed by atoms with Crippen LogP contribution in [0, 0.1) is 0 Å². The lowest BCUT2D eigenvalue weighted by atomic mass is 10.0. The summed E-state index contributed by atoms with van der Waals surface area (Å²) in [4.78, 5) is 6.68. The molecule has 110 valence electrons. The van der Waals surface area contributed by atoms with Gasteiger partial charge < -0.3 is 15.3 Å². The first-order valence-electron chi connectivity index (χ1n) is 6.84. The summed E-state index contributed by atoms with van der Waals surface area (Å²) in [6.45, 7) is 7.19. The molecular formula is C13H25N3OS2. The lowest BCUT2D eigenvalue weighted by Gasteiger charge is -2.39. The van der Waals surface area contributed by atoms with E-state index < -0.39 is 5.60 Å². The molecule has 2 N–H and O–H groups in total. The summed E-state index contributed by atoms with van der Waals surface area (Å²) in [5.74, 6) is 3.95. The number of rotatable bonds is 2. The molecule has 19 heavy (non-hydrogen) atoms. The number of guanidine groups is 1. The van der Waals surface area contributed by atoms with E-state index in [2.05, 4.69) is 29.1 Å². The van der Waals surface area contributed by atoms with Gasteiger partial charge in [0.1, 0.15) is 0 Å². The average molecular weight is 303 g/mol. The van der Waals surface area contributed by atoms with Gasteiger partial charge in [-0.2, -0.15) is 23.5 Å². The number of aliphatic hydroxyl groups is 1. The zero-order valence-corrected chi connectivity index (χ0v) is 13.7. The van der Waals surface area contributed by atoms with Crippen LogP contribution in [0.3, 0.4) is 0 Å². The molecule has 0 saturated carbocycles. The van der Waals surface area contributed by atoms with Gasteiger partial charge in [-0.25, -0.2) is 0 Å². The van der Waals surface area contributed by atoms with Crippen molar-refractivity contribution in [2.45, 2.75) is 30.6 Å². The van der Waals surface area contributed by atoms with Crippen molar-refractivity contribution >= 4 is 29.5 Å². The first-order valence-corrected chi connectivity index (χ1v) is 8.98. The molecule has 0 bridgehead atoms. The van der Waals surface area contributed by atoms with Crippen LogP contribution in [0.5, 0.6) is 0 Å². The van der Waals surface area contributed by atoms with E-state index in [1.165, 1.54) is 0 Å². The third-order valence-corrected chi connectivity index (χ3v) is 6.13. The Morgan fingerprint density at radius 1 is 1.42 bits per heavy atom. The van der Waals surface area contributed by atoms with E-state index in [4.69, 9.17) is 0 Å². The van der Waals surface area contributed by atoms with Crippen molar-refractivity contribution in [3.05, 3.63) is 0 Å². The Labute approximate surface area is 124 Å². The molecule has 0 spiro atoms. The highest BCUT2D eigenvalue weighted by Crippen LogP contribution is 2.30. The largest absolute Gasteiger partial charge is 0.387 e. The van der Waals surface area contributed by atoms with Crippen molar-refractivity contribution in [3.63, 3.8) is 0 Å². The molecule has 0 amide bonds. The van der Waals surface area contributed by atoms with Crippen LogP contribution in [0.25, 0.3) is 0 Å². The maximum Gasteiger partial charge on any atom is 0.193 e. The van der Waals surface area contributed by atoms with Gasteiger partial charge in [-0.3, -0.25) is 4.99 Å². The molecule has 2 fully saturated rings. The van der Waals surface area contributed by atoms with Gasteiger partial charge in [0.05, 0.1) is 5.60 Å². The van der Waals surface area contributed by atoms with Crippen molar-refractivity contribution in [2.24, 2.45) is 4.99 Å². The molecule has 0 aromatic rings. The molecule has 0 aromatic carbocycles. The standard InChI is InChI=1S/C13H25N3OS2/c1-12(2)9-16(5-7-19-12)11(14-3)15-8-13(17)4-6-18-10-13/h17H,4-10H2,1-3H3,(H,14,15). The highest BCUT2D eigenvalue weighted by Gasteiger charge is 2.33. The first-order chi connectivity index (χ1) is 8.94. The number of nitrogens with one attached hydrogen (secondary N) is 1. The average Bonchev–Trinajstić information content (AvgIpc) is 2.76. The molecule has 2 aliphatic heterocycles. The summed E-state index contributed by atoms with van der Waals surface area (Å²) in [6, 6.07) is 0. The summed E-state index contributed by atoms with van der Waals surface area (Å²) in [5, 5.41) is 13.7. The Kier molecular flexibility index (Phi) is 4.95. The Morgan fingerprint density at radius 2 is 2.21 bits per heavy atom. The van der Waals surface area contributed by atoms with E-state index in [0.29, 0.717) is 6.54 Å². The van der Waals surface area contributed by atoms with Gasteiger partial charge in [-0.05, 0) is 26.0 Å². The van der Waals surface area contributed by atoms with E-state index in [9.17, 15) is 5.11 Å². The van der Waals surface area contributed by atoms with Crippen molar-refractivity contribution < 1.29 is 5.11 Å². The normalized spacial score (nSPS) is 31.6. The van der Waals surface area contributed by atoms with Gasteiger partial charge in [0, 0.05) is 42.9 Å². The van der Waals surface area contributed by atoms with Crippen LogP contribution < -0.4 is 5.32 Å². The monoisotopic (exact) mass is 303 g/mol. The quantitative estimate of drug-likeness (QED) is 0.594. The van der Waals surface area contributed by atoms with E-state index in [1.54, 1.807) is 0 Å². The number of aliphatic imine (C=N–C) groups is 1. The summed E-state index contributed by atoms with van der Waals surface area (Å²) in [5.41, 5.74) is -0.555. The Morgan fingerprint density at radius 3 is 2.79 bits per heavy atom. The van der Waals surface area contributed by atoms with Crippen molar-refractivity contribution in [2.75, 3.05) is 43.9 Å². The van der Waals surface area contributed by atoms with Crippen LogP contribution in [0.4, 0.5) is 0 Å². The second kappa shape index (κ2) is 6.14. The highest BCUT2D eigenvalue weighted by atomic mass is 32.2. The predicted octanol–water partition coefficient (Wildman–Crippen LogP) is 1.26. The molecule has 2 saturated heterocycles. The lowest BCUT2D eigenvalue weighted by molar-refractivity contribution is 0.0717. The van der Waals surface area contributed by atoms with Crippen LogP contribution in [0.2, 0.25) is 0 Å². The van der Waals surface area contributed by atoms with Crippen molar-refractivity contribution in [3.8, 4) is 0 Å². The van der Waals surface area contributed by atoms with Crippen molar-refractivity contribution in [1.82, 2.24) is 10.2 Å². The van der Waals surface area contributed by atoms with Gasteiger partial charge in [0.25, 0.3) is 0 Å². The van der Waals surface area contributed by atoms with E-state index in [-0.39, 0.29) is 4.75 Å². The van der Waals surface area contributed by atoms with Gasteiger partial charge in [0.15, 0.2) is 5.96 Å². The van der Waals surface area contributed by atoms with Crippen molar-refractivity contribution in [1.29, 1.82) is 0 Å². The maximum absolute atomic E-state index is 10.4. The van der Waals surface area contributed by atoms with Crippen LogP contribution in [0.15, 0.2) is 4.99 Å². The third-order valence-electron chi connectivity index (χ3n) is 3.60. The minimum Gasteiger partial charge on any atom is -0.387 e. The molecule has 2 aliphatic rings. The van der Waals surface area contributed by atoms with Crippen LogP contribution in [-0.2, 0) is 0 Å². The molecule has 1 atom stereocenters. The second-order valence-corrected chi connectivity index (χ2v) is 8.86. The number of nitrogens with zero attached hydrogens (tertiary/aromatic N) is 2. The minimum absolute atomic E-state index is 0.274. The zero-order valence-electron chi connectivity index (χ0n) is 12.1. The Bertz CT molecular complexity index is 341. The molecule has 0 aliphatic carbocycles. The summed E-state index contributed by atoms with van der Waals surface area (Å²) < 4.78 is 0.274. The molecule has 6 heteroatoms. The summed E-state index contributed by atoms with van der Waals surface area (Å²) >= 11 is 3.85. The van der Waals surface area contributed by atoms with E-state index in [0.717, 1.165) is 42.7 Å². The molecule has 0 aromatic heterocycles. The van der Waals surface area contributed by atoms with Gasteiger partial charge >= 0.3 is 0 Å². The van der Waals surface area contributed by atoms with E-state index in [1.807, 2.05) is 30.6 Å². The fourth-order valence-electron chi connectivity index (χ4n) is 2.51. The Balaban J connectivity index is 1.89. The molecular weight excluding hydrogens is 278 g/mol. The fourth-order valence-corrected chi connectivity index (χ4v) is 4.92. The van der Waals surface area contributed by atoms with Crippen LogP contribution >= 0.6 is 23.5 Å². The SMILES string of the molecule is CN=C(NCC1(O)CCSC1)N1CCSC(C)(C)C1. The molecule has 2 heterocycles. The van der Waals surface area contributed by atoms with Gasteiger partial charge in [0.2, 0.25) is 0 Å². The molecule has 2 rings (SSSR count). The smallest absolute Gasteiger partial charge is 0.193 e.